The van der Waals surface area contributed by atoms with E-state index in [1.54, 1.807) is 6.07 Å². The first-order chi connectivity index (χ1) is 10.0. The number of benzene rings is 2. The minimum Gasteiger partial charge on any atom is -0.306 e. The van der Waals surface area contributed by atoms with Crippen LogP contribution >= 0.6 is 27.5 Å². The lowest BCUT2D eigenvalue weighted by Gasteiger charge is -2.22. The summed E-state index contributed by atoms with van der Waals surface area (Å²) in [4.78, 5) is 0. The molecule has 4 heteroatoms. The third-order valence-corrected chi connectivity index (χ3v) is 4.04. The highest BCUT2D eigenvalue weighted by atomic mass is 79.9. The van der Waals surface area contributed by atoms with Crippen LogP contribution < -0.4 is 5.32 Å². The Morgan fingerprint density at radius 2 is 2.00 bits per heavy atom. The molecule has 0 aromatic heterocycles. The largest absolute Gasteiger partial charge is 0.306 e. The first-order valence-electron chi connectivity index (χ1n) is 6.96. The molecular formula is C17H18BrClFN. The molecule has 112 valence electrons. The second-order valence-corrected chi connectivity index (χ2v) is 6.44. The lowest BCUT2D eigenvalue weighted by molar-refractivity contribution is 0.589. The summed E-state index contributed by atoms with van der Waals surface area (Å²) in [5, 5.41) is 4.20. The molecule has 0 aliphatic heterocycles. The van der Waals surface area contributed by atoms with Crippen LogP contribution in [-0.4, -0.2) is 6.54 Å². The van der Waals surface area contributed by atoms with Crippen molar-refractivity contribution in [3.05, 3.63) is 68.4 Å². The topological polar surface area (TPSA) is 12.0 Å². The zero-order valence-electron chi connectivity index (χ0n) is 12.1. The second-order valence-electron chi connectivity index (χ2n) is 5.09. The Morgan fingerprint density at radius 3 is 2.62 bits per heavy atom. The van der Waals surface area contributed by atoms with Gasteiger partial charge in [-0.3, -0.25) is 0 Å². The molecule has 0 radical (unpaired) electrons. The van der Waals surface area contributed by atoms with Crippen molar-refractivity contribution >= 4 is 27.5 Å². The van der Waals surface area contributed by atoms with Gasteiger partial charge in [-0.15, -0.1) is 0 Å². The van der Waals surface area contributed by atoms with Crippen molar-refractivity contribution in [2.75, 3.05) is 6.54 Å². The van der Waals surface area contributed by atoms with E-state index in [4.69, 9.17) is 11.6 Å². The Bertz CT molecular complexity index is 610. The molecule has 0 aliphatic carbocycles. The van der Waals surface area contributed by atoms with Crippen LogP contribution in [0.4, 0.5) is 4.39 Å². The molecule has 0 saturated carbocycles. The first-order valence-corrected chi connectivity index (χ1v) is 8.13. The summed E-state index contributed by atoms with van der Waals surface area (Å²) in [5.74, 6) is -0.210. The minimum absolute atomic E-state index is 0.000509. The summed E-state index contributed by atoms with van der Waals surface area (Å²) in [6.07, 6.45) is 1.03. The molecule has 1 N–H and O–H groups in total. The maximum absolute atomic E-state index is 13.3. The van der Waals surface area contributed by atoms with Crippen molar-refractivity contribution in [2.24, 2.45) is 0 Å². The van der Waals surface area contributed by atoms with Gasteiger partial charge in [-0.2, -0.15) is 0 Å². The highest BCUT2D eigenvalue weighted by Crippen LogP contribution is 2.30. The smallest absolute Gasteiger partial charge is 0.123 e. The molecule has 2 aromatic carbocycles. The SMILES string of the molecule is CCCNC(c1cc(Cl)cc(Br)c1)c1ccc(F)cc1C. The molecule has 0 aliphatic rings. The summed E-state index contributed by atoms with van der Waals surface area (Å²) in [6.45, 7) is 4.93. The molecule has 2 aromatic rings. The van der Waals surface area contributed by atoms with Gasteiger partial charge in [0.1, 0.15) is 5.82 Å². The minimum atomic E-state index is -0.210. The monoisotopic (exact) mass is 369 g/mol. The highest BCUT2D eigenvalue weighted by molar-refractivity contribution is 9.10. The number of hydrogen-bond acceptors (Lipinski definition) is 1. The lowest BCUT2D eigenvalue weighted by Crippen LogP contribution is -2.24. The number of nitrogens with one attached hydrogen (secondary N) is 1. The number of halogens is 3. The molecule has 0 saturated heterocycles. The summed E-state index contributed by atoms with van der Waals surface area (Å²) < 4.78 is 14.3. The summed E-state index contributed by atoms with van der Waals surface area (Å²) in [5.41, 5.74) is 3.07. The second kappa shape index (κ2) is 7.39. The quantitative estimate of drug-likeness (QED) is 0.718. The standard InChI is InChI=1S/C17H18BrClFN/c1-3-6-21-17(12-8-13(18)10-14(19)9-12)16-5-4-15(20)7-11(16)2/h4-5,7-10,17,21H,3,6H2,1-2H3. The van der Waals surface area contributed by atoms with Gasteiger partial charge in [-0.25, -0.2) is 4.39 Å². The van der Waals surface area contributed by atoms with Gasteiger partial charge in [0.15, 0.2) is 0 Å². The predicted octanol–water partition coefficient (Wildman–Crippen LogP) is 5.64. The molecular weight excluding hydrogens is 353 g/mol. The van der Waals surface area contributed by atoms with E-state index in [1.165, 1.54) is 6.07 Å². The van der Waals surface area contributed by atoms with E-state index in [2.05, 4.69) is 28.2 Å². The van der Waals surface area contributed by atoms with Crippen LogP contribution in [0.1, 0.15) is 36.1 Å². The predicted molar refractivity (Wildman–Crippen MR) is 90.4 cm³/mol. The van der Waals surface area contributed by atoms with E-state index in [9.17, 15) is 4.39 Å². The molecule has 1 nitrogen and oxygen atoms in total. The highest BCUT2D eigenvalue weighted by Gasteiger charge is 2.17. The van der Waals surface area contributed by atoms with Crippen molar-refractivity contribution in [1.82, 2.24) is 5.32 Å². The maximum Gasteiger partial charge on any atom is 0.123 e. The van der Waals surface area contributed by atoms with Crippen LogP contribution in [0.2, 0.25) is 5.02 Å². The van der Waals surface area contributed by atoms with E-state index < -0.39 is 0 Å². The molecule has 0 bridgehead atoms. The summed E-state index contributed by atoms with van der Waals surface area (Å²) in [7, 11) is 0. The van der Waals surface area contributed by atoms with Crippen LogP contribution in [0.25, 0.3) is 0 Å². The van der Waals surface area contributed by atoms with Crippen LogP contribution in [-0.2, 0) is 0 Å². The van der Waals surface area contributed by atoms with Gasteiger partial charge in [0.25, 0.3) is 0 Å². The van der Waals surface area contributed by atoms with Gasteiger partial charge in [-0.05, 0) is 66.9 Å². The molecule has 21 heavy (non-hydrogen) atoms. The van der Waals surface area contributed by atoms with Crippen LogP contribution in [0, 0.1) is 12.7 Å². The van der Waals surface area contributed by atoms with E-state index in [0.29, 0.717) is 5.02 Å². The van der Waals surface area contributed by atoms with Crippen molar-refractivity contribution in [1.29, 1.82) is 0 Å². The van der Waals surface area contributed by atoms with Gasteiger partial charge >= 0.3 is 0 Å². The van der Waals surface area contributed by atoms with Gasteiger partial charge < -0.3 is 5.32 Å². The van der Waals surface area contributed by atoms with E-state index >= 15 is 0 Å². The van der Waals surface area contributed by atoms with Crippen molar-refractivity contribution < 1.29 is 4.39 Å². The average Bonchev–Trinajstić information content (AvgIpc) is 2.40. The van der Waals surface area contributed by atoms with Gasteiger partial charge in [0, 0.05) is 9.50 Å². The molecule has 1 unspecified atom stereocenters. The maximum atomic E-state index is 13.3. The number of aryl methyl sites for hydroxylation is 1. The normalized spacial score (nSPS) is 12.4. The molecule has 2 rings (SSSR count). The van der Waals surface area contributed by atoms with Gasteiger partial charge in [0.05, 0.1) is 6.04 Å². The summed E-state index contributed by atoms with van der Waals surface area (Å²) >= 11 is 9.64. The number of rotatable bonds is 5. The molecule has 0 amide bonds. The van der Waals surface area contributed by atoms with E-state index in [-0.39, 0.29) is 11.9 Å². The third-order valence-electron chi connectivity index (χ3n) is 3.36. The van der Waals surface area contributed by atoms with Crippen molar-refractivity contribution in [3.63, 3.8) is 0 Å². The van der Waals surface area contributed by atoms with Crippen LogP contribution in [0.15, 0.2) is 40.9 Å². The Hall–Kier alpha value is -0.900. The third kappa shape index (κ3) is 4.29. The Kier molecular flexibility index (Phi) is 5.80. The molecule has 0 heterocycles. The van der Waals surface area contributed by atoms with Gasteiger partial charge in [-0.1, -0.05) is 40.5 Å². The fourth-order valence-electron chi connectivity index (χ4n) is 2.40. The van der Waals surface area contributed by atoms with Crippen LogP contribution in [0.3, 0.4) is 0 Å². The zero-order chi connectivity index (χ0) is 15.4. The fraction of sp³-hybridized carbons (Fsp3) is 0.294. The average molecular weight is 371 g/mol. The molecule has 0 fully saturated rings. The fourth-order valence-corrected chi connectivity index (χ4v) is 3.29. The van der Waals surface area contributed by atoms with Crippen LogP contribution in [0.5, 0.6) is 0 Å². The Morgan fingerprint density at radius 1 is 1.24 bits per heavy atom. The van der Waals surface area contributed by atoms with Crippen molar-refractivity contribution in [3.8, 4) is 0 Å². The van der Waals surface area contributed by atoms with E-state index in [0.717, 1.165) is 34.1 Å². The van der Waals surface area contributed by atoms with E-state index in [1.807, 2.05) is 31.2 Å². The Labute approximate surface area is 138 Å². The van der Waals surface area contributed by atoms with Crippen molar-refractivity contribution in [2.45, 2.75) is 26.3 Å². The zero-order valence-corrected chi connectivity index (χ0v) is 14.4. The molecule has 0 spiro atoms. The number of hydrogen-bond donors (Lipinski definition) is 1. The molecule has 1 atom stereocenters. The lowest BCUT2D eigenvalue weighted by atomic mass is 9.95. The summed E-state index contributed by atoms with van der Waals surface area (Å²) in [6, 6.07) is 10.8. The Balaban J connectivity index is 2.46. The van der Waals surface area contributed by atoms with Gasteiger partial charge in [0.2, 0.25) is 0 Å². The first kappa shape index (κ1) is 16.5.